The first-order valence-corrected chi connectivity index (χ1v) is 6.69. The largest absolute Gasteiger partial charge is 0.497 e. The Morgan fingerprint density at radius 2 is 2.00 bits per heavy atom. The molecule has 110 valence electrons. The number of unbranched alkanes of at least 4 members (excludes halogenated alkanes) is 1. The van der Waals surface area contributed by atoms with Gasteiger partial charge in [0.15, 0.2) is 0 Å². The third kappa shape index (κ3) is 5.40. The second kappa shape index (κ2) is 9.09. The summed E-state index contributed by atoms with van der Waals surface area (Å²) in [6, 6.07) is 7.83. The average molecular weight is 279 g/mol. The third-order valence-electron chi connectivity index (χ3n) is 3.05. The summed E-state index contributed by atoms with van der Waals surface area (Å²) in [7, 11) is 1.63. The quantitative estimate of drug-likeness (QED) is 0.548. The second-order valence-electron chi connectivity index (χ2n) is 4.47. The first kappa shape index (κ1) is 16.2. The number of aryl methyl sites for hydroxylation is 1. The van der Waals surface area contributed by atoms with E-state index in [1.165, 1.54) is 5.56 Å². The van der Waals surface area contributed by atoms with Crippen LogP contribution >= 0.6 is 0 Å². The Morgan fingerprint density at radius 3 is 2.55 bits per heavy atom. The number of hydrogen-bond acceptors (Lipinski definition) is 4. The topological polar surface area (TPSA) is 66.8 Å². The number of benzene rings is 1. The second-order valence-corrected chi connectivity index (χ2v) is 4.47. The van der Waals surface area contributed by atoms with Gasteiger partial charge in [0.05, 0.1) is 20.3 Å². The van der Waals surface area contributed by atoms with Gasteiger partial charge in [0, 0.05) is 6.42 Å². The van der Waals surface area contributed by atoms with E-state index in [0.29, 0.717) is 12.8 Å². The highest BCUT2D eigenvalue weighted by molar-refractivity contribution is 5.85. The molecule has 0 bridgehead atoms. The van der Waals surface area contributed by atoms with Crippen LogP contribution in [0.2, 0.25) is 0 Å². The van der Waals surface area contributed by atoms with Crippen LogP contribution in [0.15, 0.2) is 24.3 Å². The number of rotatable bonds is 9. The Hall–Kier alpha value is -1.88. The van der Waals surface area contributed by atoms with Crippen LogP contribution in [0.5, 0.6) is 5.75 Å². The third-order valence-corrected chi connectivity index (χ3v) is 3.05. The van der Waals surface area contributed by atoms with Crippen LogP contribution in [0.4, 0.5) is 0 Å². The van der Waals surface area contributed by atoms with E-state index in [-0.39, 0.29) is 19.1 Å². The molecule has 0 aliphatic rings. The summed E-state index contributed by atoms with van der Waals surface area (Å²) in [5.41, 5.74) is 1.20. The Balaban J connectivity index is 2.26. The Kier molecular flexibility index (Phi) is 7.35. The van der Waals surface area contributed by atoms with Crippen molar-refractivity contribution in [1.82, 2.24) is 4.90 Å². The van der Waals surface area contributed by atoms with Gasteiger partial charge in [0.25, 0.3) is 0 Å². The fraction of sp³-hybridized carbons (Fsp3) is 0.467. The molecule has 0 saturated heterocycles. The van der Waals surface area contributed by atoms with Crippen molar-refractivity contribution in [2.45, 2.75) is 25.7 Å². The lowest BCUT2D eigenvalue weighted by Crippen LogP contribution is -2.31. The zero-order chi connectivity index (χ0) is 14.8. The van der Waals surface area contributed by atoms with E-state index in [9.17, 15) is 9.59 Å². The molecule has 1 aromatic rings. The predicted octanol–water partition coefficient (Wildman–Crippen LogP) is 1.39. The van der Waals surface area contributed by atoms with Crippen LogP contribution < -0.4 is 4.74 Å². The van der Waals surface area contributed by atoms with E-state index < -0.39 is 0 Å². The summed E-state index contributed by atoms with van der Waals surface area (Å²) in [5.74, 6) is 0.596. The van der Waals surface area contributed by atoms with Crippen molar-refractivity contribution >= 4 is 12.3 Å². The SMILES string of the molecule is COc1ccc(CCCCC(=O)N(C=O)CCO)cc1. The molecule has 0 radical (unpaired) electrons. The van der Waals surface area contributed by atoms with Crippen LogP contribution in [-0.2, 0) is 16.0 Å². The first-order chi connectivity index (χ1) is 9.71. The fourth-order valence-electron chi connectivity index (χ4n) is 1.89. The Morgan fingerprint density at radius 1 is 1.30 bits per heavy atom. The number of ether oxygens (including phenoxy) is 1. The van der Waals surface area contributed by atoms with Gasteiger partial charge < -0.3 is 9.84 Å². The van der Waals surface area contributed by atoms with Gasteiger partial charge in [0.2, 0.25) is 12.3 Å². The van der Waals surface area contributed by atoms with Crippen LogP contribution in [0.3, 0.4) is 0 Å². The number of carbonyl (C=O) groups is 2. The molecule has 1 rings (SSSR count). The van der Waals surface area contributed by atoms with Gasteiger partial charge in [0.1, 0.15) is 5.75 Å². The number of nitrogens with zero attached hydrogens (tertiary/aromatic N) is 1. The molecule has 1 N–H and O–H groups in total. The van der Waals surface area contributed by atoms with Crippen molar-refractivity contribution in [3.63, 3.8) is 0 Å². The van der Waals surface area contributed by atoms with Crippen LogP contribution in [0.25, 0.3) is 0 Å². The molecule has 20 heavy (non-hydrogen) atoms. The van der Waals surface area contributed by atoms with Gasteiger partial charge in [-0.05, 0) is 37.0 Å². The smallest absolute Gasteiger partial charge is 0.229 e. The lowest BCUT2D eigenvalue weighted by molar-refractivity contribution is -0.138. The molecule has 5 nitrogen and oxygen atoms in total. The lowest BCUT2D eigenvalue weighted by Gasteiger charge is -2.13. The van der Waals surface area contributed by atoms with Gasteiger partial charge in [-0.15, -0.1) is 0 Å². The molecule has 2 amide bonds. The van der Waals surface area contributed by atoms with E-state index in [4.69, 9.17) is 9.84 Å². The molecular weight excluding hydrogens is 258 g/mol. The van der Waals surface area contributed by atoms with E-state index in [1.807, 2.05) is 24.3 Å². The van der Waals surface area contributed by atoms with Crippen molar-refractivity contribution in [3.05, 3.63) is 29.8 Å². The van der Waals surface area contributed by atoms with Crippen molar-refractivity contribution in [2.75, 3.05) is 20.3 Å². The molecule has 1 aromatic carbocycles. The van der Waals surface area contributed by atoms with Crippen LogP contribution in [-0.4, -0.2) is 42.6 Å². The minimum absolute atomic E-state index is 0.0703. The van der Waals surface area contributed by atoms with Crippen LogP contribution in [0, 0.1) is 0 Å². The van der Waals surface area contributed by atoms with E-state index >= 15 is 0 Å². The minimum atomic E-state index is -0.233. The molecule has 0 heterocycles. The summed E-state index contributed by atoms with van der Waals surface area (Å²) in [5, 5.41) is 8.72. The molecule has 0 saturated carbocycles. The van der Waals surface area contributed by atoms with Gasteiger partial charge in [-0.2, -0.15) is 0 Å². The number of aliphatic hydroxyl groups excluding tert-OH is 1. The van der Waals surface area contributed by atoms with Gasteiger partial charge >= 0.3 is 0 Å². The standard InChI is InChI=1S/C15H21NO4/c1-20-14-8-6-13(7-9-14)4-2-3-5-15(19)16(12-18)10-11-17/h6-9,12,17H,2-5,10-11H2,1H3. The number of methoxy groups -OCH3 is 1. The highest BCUT2D eigenvalue weighted by Gasteiger charge is 2.10. The van der Waals surface area contributed by atoms with E-state index in [1.54, 1.807) is 7.11 Å². The lowest BCUT2D eigenvalue weighted by atomic mass is 10.1. The van der Waals surface area contributed by atoms with Crippen LogP contribution in [0.1, 0.15) is 24.8 Å². The Bertz CT molecular complexity index is 416. The molecular formula is C15H21NO4. The summed E-state index contributed by atoms with van der Waals surface area (Å²) in [6.07, 6.45) is 3.29. The minimum Gasteiger partial charge on any atom is -0.497 e. The molecule has 0 aliphatic carbocycles. The van der Waals surface area contributed by atoms with E-state index in [2.05, 4.69) is 0 Å². The number of hydrogen-bond donors (Lipinski definition) is 1. The van der Waals surface area contributed by atoms with Crippen molar-refractivity contribution in [2.24, 2.45) is 0 Å². The highest BCUT2D eigenvalue weighted by atomic mass is 16.5. The number of imide groups is 1. The molecule has 0 atom stereocenters. The van der Waals surface area contributed by atoms with Crippen molar-refractivity contribution < 1.29 is 19.4 Å². The summed E-state index contributed by atoms with van der Waals surface area (Å²) in [4.78, 5) is 23.3. The zero-order valence-electron chi connectivity index (χ0n) is 11.7. The average Bonchev–Trinajstić information content (AvgIpc) is 2.49. The van der Waals surface area contributed by atoms with Crippen molar-refractivity contribution in [1.29, 1.82) is 0 Å². The monoisotopic (exact) mass is 279 g/mol. The molecule has 0 aromatic heterocycles. The molecule has 0 spiro atoms. The highest BCUT2D eigenvalue weighted by Crippen LogP contribution is 2.13. The van der Waals surface area contributed by atoms with E-state index in [0.717, 1.165) is 29.9 Å². The summed E-state index contributed by atoms with van der Waals surface area (Å²) >= 11 is 0. The maximum atomic E-state index is 11.6. The predicted molar refractivity (Wildman–Crippen MR) is 75.4 cm³/mol. The molecule has 5 heteroatoms. The van der Waals surface area contributed by atoms with Crippen molar-refractivity contribution in [3.8, 4) is 5.75 Å². The molecule has 0 unspecified atom stereocenters. The molecule has 0 fully saturated rings. The normalized spacial score (nSPS) is 10.1. The number of aliphatic hydroxyl groups is 1. The number of amides is 2. The Labute approximate surface area is 119 Å². The van der Waals surface area contributed by atoms with Gasteiger partial charge in [-0.1, -0.05) is 12.1 Å². The van der Waals surface area contributed by atoms with Gasteiger partial charge in [-0.25, -0.2) is 0 Å². The maximum Gasteiger partial charge on any atom is 0.229 e. The molecule has 0 aliphatic heterocycles. The summed E-state index contributed by atoms with van der Waals surface area (Å²) in [6.45, 7) is -0.128. The van der Waals surface area contributed by atoms with Gasteiger partial charge in [-0.3, -0.25) is 14.5 Å². The summed E-state index contributed by atoms with van der Waals surface area (Å²) < 4.78 is 5.08. The fourth-order valence-corrected chi connectivity index (χ4v) is 1.89. The maximum absolute atomic E-state index is 11.6. The first-order valence-electron chi connectivity index (χ1n) is 6.69. The zero-order valence-corrected chi connectivity index (χ0v) is 11.7. The number of carbonyl (C=O) groups excluding carboxylic acids is 2.